The van der Waals surface area contributed by atoms with Crippen LogP contribution in [0.2, 0.25) is 0 Å². The Hall–Kier alpha value is -6.82. The van der Waals surface area contributed by atoms with Crippen LogP contribution in [0.1, 0.15) is 165 Å². The second kappa shape index (κ2) is 29.9. The van der Waals surface area contributed by atoms with Gasteiger partial charge in [-0.15, -0.1) is 0 Å². The lowest BCUT2D eigenvalue weighted by atomic mass is 9.89. The van der Waals surface area contributed by atoms with Crippen LogP contribution in [0.5, 0.6) is 0 Å². The van der Waals surface area contributed by atoms with Crippen molar-refractivity contribution in [2.75, 3.05) is 100 Å². The highest BCUT2D eigenvalue weighted by Gasteiger charge is 2.44. The zero-order valence-corrected chi connectivity index (χ0v) is 58.2. The number of aliphatic hydroxyl groups excluding tert-OH is 2. The number of aryl methyl sites for hydroxylation is 6. The molecule has 18 nitrogen and oxygen atoms in total. The summed E-state index contributed by atoms with van der Waals surface area (Å²) < 4.78 is 51.5. The topological polar surface area (TPSA) is 235 Å². The maximum atomic E-state index is 13.6. The van der Waals surface area contributed by atoms with Crippen molar-refractivity contribution < 1.29 is 32.3 Å². The van der Waals surface area contributed by atoms with Crippen molar-refractivity contribution >= 4 is 67.7 Å². The summed E-state index contributed by atoms with van der Waals surface area (Å²) in [4.78, 5) is 37.7. The van der Waals surface area contributed by atoms with Crippen LogP contribution >= 0.6 is 0 Å². The molecule has 0 spiro atoms. The Labute approximate surface area is 566 Å². The maximum Gasteiger partial charge on any atom is 0.227 e. The fraction of sp³-hybridized carbons (Fsp3) is 0.507. The molecule has 22 heteroatoms. The molecule has 6 aliphatic heterocycles. The molecule has 4 fully saturated rings. The molecule has 95 heavy (non-hydrogen) atoms. The van der Waals surface area contributed by atoms with Crippen LogP contribution in [-0.4, -0.2) is 145 Å². The second-order valence-corrected chi connectivity index (χ2v) is 32.0. The normalized spacial score (nSPS) is 20.7. The van der Waals surface area contributed by atoms with Crippen molar-refractivity contribution in [1.29, 1.82) is 0 Å². The van der Waals surface area contributed by atoms with Gasteiger partial charge in [0.2, 0.25) is 17.8 Å². The van der Waals surface area contributed by atoms with Crippen molar-refractivity contribution in [1.82, 2.24) is 29.9 Å². The number of nitrogens with zero attached hydrogens (tertiary/aromatic N) is 9. The van der Waals surface area contributed by atoms with E-state index < -0.39 is 44.0 Å². The molecule has 3 saturated heterocycles. The number of anilines is 6. The number of benzene rings is 4. The third-order valence-corrected chi connectivity index (χ3v) is 24.3. The number of halogens is 1. The number of aromatic nitrogens is 6. The number of fused-ring (bicyclic) bond motifs is 3. The summed E-state index contributed by atoms with van der Waals surface area (Å²) >= 11 is 0. The first-order valence-electron chi connectivity index (χ1n) is 34.2. The number of hydrogen-bond acceptors (Lipinski definition) is 18. The molecule has 0 amide bonds. The number of aliphatic hydroxyl groups is 3. The van der Waals surface area contributed by atoms with E-state index in [0.717, 1.165) is 161 Å². The van der Waals surface area contributed by atoms with E-state index in [9.17, 15) is 32.3 Å². The molecule has 0 bridgehead atoms. The predicted octanol–water partition coefficient (Wildman–Crippen LogP) is 11.1. The SMILES string of the molecule is CCC[C@H](CO)Nc1nc(N2CCC(c3ccc(C)cc3)CC2)nc2c1S(=O)CC2.Cc1ccc(C2CCN(c3nc4c(c(NC5(CO)CC5)n3)S(=O)CC4)CC2)cc1.Cc1ccc(C2CCN(c3nc4c(c(N[C@H](c5ccc(F)cc5)C(C)(C)O)n3)S(=O)CC4)CC2)cc1. The summed E-state index contributed by atoms with van der Waals surface area (Å²) in [6, 6.07) is 32.0. The van der Waals surface area contributed by atoms with Gasteiger partial charge in [0.05, 0.1) is 85.9 Å². The van der Waals surface area contributed by atoms with Crippen LogP contribution in [-0.2, 0) is 51.7 Å². The largest absolute Gasteiger partial charge is 0.394 e. The lowest BCUT2D eigenvalue weighted by molar-refractivity contribution is 0.0586. The van der Waals surface area contributed by atoms with Gasteiger partial charge < -0.3 is 46.0 Å². The average Bonchev–Trinajstić information content (AvgIpc) is 1.70. The predicted molar refractivity (Wildman–Crippen MR) is 378 cm³/mol. The van der Waals surface area contributed by atoms with E-state index in [0.29, 0.717) is 69.7 Å². The van der Waals surface area contributed by atoms with Crippen LogP contribution in [0, 0.1) is 26.6 Å². The summed E-state index contributed by atoms with van der Waals surface area (Å²) in [5.74, 6) is 6.97. The highest BCUT2D eigenvalue weighted by Crippen LogP contribution is 2.43. The van der Waals surface area contributed by atoms with Crippen molar-refractivity contribution in [3.05, 3.63) is 159 Å². The highest BCUT2D eigenvalue weighted by molar-refractivity contribution is 7.86. The Morgan fingerprint density at radius 3 is 1.23 bits per heavy atom. The molecule has 14 rings (SSSR count). The summed E-state index contributed by atoms with van der Waals surface area (Å²) in [6.45, 7) is 17.3. The molecule has 4 aromatic carbocycles. The number of piperidine rings is 3. The summed E-state index contributed by atoms with van der Waals surface area (Å²) in [5, 5.41) is 40.5. The molecule has 7 aromatic rings. The Morgan fingerprint density at radius 2 is 0.895 bits per heavy atom. The van der Waals surface area contributed by atoms with Crippen molar-refractivity contribution in [2.24, 2.45) is 0 Å². The van der Waals surface area contributed by atoms with E-state index in [-0.39, 0.29) is 30.6 Å². The molecule has 9 heterocycles. The molecule has 506 valence electrons. The molecular weight excluding hydrogens is 1260 g/mol. The van der Waals surface area contributed by atoms with Gasteiger partial charge in [0, 0.05) is 75.8 Å². The highest BCUT2D eigenvalue weighted by atomic mass is 32.2. The first-order chi connectivity index (χ1) is 45.8. The molecule has 6 N–H and O–H groups in total. The Kier molecular flexibility index (Phi) is 21.4. The summed E-state index contributed by atoms with van der Waals surface area (Å²) in [6.07, 6.45) is 12.1. The van der Waals surface area contributed by atoms with Gasteiger partial charge in [0.15, 0.2) is 0 Å². The van der Waals surface area contributed by atoms with E-state index in [1.54, 1.807) is 26.0 Å². The van der Waals surface area contributed by atoms with Crippen LogP contribution in [0.15, 0.2) is 112 Å². The Balaban J connectivity index is 0.000000137. The van der Waals surface area contributed by atoms with Crippen LogP contribution in [0.4, 0.5) is 39.7 Å². The number of hydrogen-bond donors (Lipinski definition) is 6. The molecule has 0 radical (unpaired) electrons. The fourth-order valence-corrected chi connectivity index (χ4v) is 17.9. The van der Waals surface area contributed by atoms with Gasteiger partial charge >= 0.3 is 0 Å². The third kappa shape index (κ3) is 16.1. The summed E-state index contributed by atoms with van der Waals surface area (Å²) in [5.41, 5.74) is 9.93. The first kappa shape index (κ1) is 68.1. The van der Waals surface area contributed by atoms with E-state index in [1.165, 1.54) is 45.5 Å². The zero-order valence-electron chi connectivity index (χ0n) is 55.8. The minimum absolute atomic E-state index is 0.0382. The van der Waals surface area contributed by atoms with E-state index in [2.05, 4.69) is 131 Å². The smallest absolute Gasteiger partial charge is 0.227 e. The minimum atomic E-state index is -1.21. The fourth-order valence-electron chi connectivity index (χ4n) is 13.9. The van der Waals surface area contributed by atoms with Crippen molar-refractivity contribution in [2.45, 2.75) is 181 Å². The molecule has 3 aromatic heterocycles. The van der Waals surface area contributed by atoms with Gasteiger partial charge in [-0.25, -0.2) is 19.3 Å². The van der Waals surface area contributed by atoms with Gasteiger partial charge in [-0.2, -0.15) is 15.0 Å². The molecule has 3 unspecified atom stereocenters. The third-order valence-electron chi connectivity index (χ3n) is 19.9. The lowest BCUT2D eigenvalue weighted by Gasteiger charge is -2.34. The number of nitrogens with one attached hydrogen (secondary N) is 3. The van der Waals surface area contributed by atoms with Gasteiger partial charge in [-0.1, -0.05) is 115 Å². The van der Waals surface area contributed by atoms with Crippen LogP contribution in [0.3, 0.4) is 0 Å². The zero-order chi connectivity index (χ0) is 66.5. The van der Waals surface area contributed by atoms with E-state index in [4.69, 9.17) is 29.9 Å². The number of rotatable bonds is 18. The molecule has 1 saturated carbocycles. The first-order valence-corrected chi connectivity index (χ1v) is 38.1. The maximum absolute atomic E-state index is 13.6. The van der Waals surface area contributed by atoms with E-state index >= 15 is 0 Å². The van der Waals surface area contributed by atoms with Gasteiger partial charge in [0.1, 0.15) is 38.0 Å². The second-order valence-electron chi connectivity index (χ2n) is 27.5. The standard InChI is InChI=1S/C28H33FN4O2S.C23H32N4O2S.C22H28N4O2S/c1-18-4-6-19(7-5-18)20-12-15-33(16-13-20)27-30-23-14-17-36(35)24(23)26(32-27)31-25(28(2,3)34)21-8-10-22(29)11-9-21;1-3-4-19(15-28)24-22-21-20(11-14-30(21)29)25-23(26-22)27-12-9-18(10-13-27)17-7-5-16(2)6-8-17;1-15-2-4-16(5-3-15)17-6-11-26(12-7-17)21-23-18-8-13-29(28)19(18)20(24-21)25-22(14-27)9-10-22/h4-11,20,25,34H,12-17H2,1-3H3,(H,30,31,32);5-8,18-19,28H,3-4,9-15H2,1-2H3,(H,24,25,26);2-5,17,27H,6-14H2,1H3,(H,23,24,25)/t25-,36?;19-,30?;/m11./s1. The van der Waals surface area contributed by atoms with Gasteiger partial charge in [-0.05, 0) is 145 Å². The minimum Gasteiger partial charge on any atom is -0.394 e. The van der Waals surface area contributed by atoms with E-state index in [1.807, 2.05) is 0 Å². The van der Waals surface area contributed by atoms with Crippen LogP contribution < -0.4 is 30.7 Å². The monoisotopic (exact) mass is 1350 g/mol. The Bertz CT molecular complexity index is 3870. The molecule has 5 atom stereocenters. The van der Waals surface area contributed by atoms with Gasteiger partial charge in [-0.3, -0.25) is 12.6 Å². The quantitative estimate of drug-likeness (QED) is 0.0469. The summed E-state index contributed by atoms with van der Waals surface area (Å²) in [7, 11) is -3.32. The van der Waals surface area contributed by atoms with Crippen LogP contribution in [0.25, 0.3) is 0 Å². The Morgan fingerprint density at radius 1 is 0.537 bits per heavy atom. The van der Waals surface area contributed by atoms with Gasteiger partial charge in [0.25, 0.3) is 0 Å². The lowest BCUT2D eigenvalue weighted by Crippen LogP contribution is -2.36. The van der Waals surface area contributed by atoms with Crippen molar-refractivity contribution in [3.8, 4) is 0 Å². The average molecular weight is 1350 g/mol. The van der Waals surface area contributed by atoms with Crippen molar-refractivity contribution in [3.63, 3.8) is 0 Å². The molecule has 1 aliphatic carbocycles. The molecular formula is C73H93FN12O6S3. The molecule has 7 aliphatic rings.